The van der Waals surface area contributed by atoms with Crippen LogP contribution in [0.25, 0.3) is 0 Å². The standard InChI is InChI=1S/C30H48O3/c1-25(2)13-15-30(19-32)16-14-28(5)20(21(30)17-25)7-8-23-26(3)11-10-24(33)27(4,18-31)22(26)9-12-29(23,28)6/h7-8,22-24,31-33H,9-19H2,1-6H3/t22-,23-,24+,26+,27+,28-,29-,30-/m1/s1. The Labute approximate surface area is 201 Å². The van der Waals surface area contributed by atoms with Gasteiger partial charge < -0.3 is 15.3 Å². The molecule has 0 aromatic carbocycles. The molecule has 186 valence electrons. The predicted molar refractivity (Wildman–Crippen MR) is 134 cm³/mol. The van der Waals surface area contributed by atoms with Crippen LogP contribution in [0.1, 0.15) is 99.3 Å². The van der Waals surface area contributed by atoms with Gasteiger partial charge in [-0.3, -0.25) is 0 Å². The molecule has 5 aliphatic rings. The molecule has 3 saturated carbocycles. The number of hydrogen-bond donors (Lipinski definition) is 3. The fourth-order valence-electron chi connectivity index (χ4n) is 9.98. The van der Waals surface area contributed by atoms with Crippen molar-refractivity contribution < 1.29 is 15.3 Å². The largest absolute Gasteiger partial charge is 0.396 e. The van der Waals surface area contributed by atoms with Crippen molar-refractivity contribution in [1.29, 1.82) is 0 Å². The van der Waals surface area contributed by atoms with Crippen LogP contribution in [0, 0.1) is 44.3 Å². The van der Waals surface area contributed by atoms with Gasteiger partial charge in [0.05, 0.1) is 19.3 Å². The average molecular weight is 457 g/mol. The second-order valence-corrected chi connectivity index (χ2v) is 14.6. The van der Waals surface area contributed by atoms with E-state index in [4.69, 9.17) is 0 Å². The maximum atomic E-state index is 10.9. The molecule has 0 amide bonds. The first kappa shape index (κ1) is 24.1. The smallest absolute Gasteiger partial charge is 0.0618 e. The number of aliphatic hydroxyl groups is 3. The monoisotopic (exact) mass is 456 g/mol. The molecule has 0 heterocycles. The molecule has 3 fully saturated rings. The van der Waals surface area contributed by atoms with E-state index in [1.165, 1.54) is 6.42 Å². The van der Waals surface area contributed by atoms with E-state index >= 15 is 0 Å². The van der Waals surface area contributed by atoms with Crippen LogP contribution in [-0.2, 0) is 0 Å². The van der Waals surface area contributed by atoms with Crippen LogP contribution in [0.4, 0.5) is 0 Å². The van der Waals surface area contributed by atoms with E-state index in [1.807, 2.05) is 0 Å². The molecule has 33 heavy (non-hydrogen) atoms. The molecule has 5 aliphatic carbocycles. The minimum atomic E-state index is -0.409. The fourth-order valence-corrected chi connectivity index (χ4v) is 9.98. The van der Waals surface area contributed by atoms with E-state index in [-0.39, 0.29) is 28.3 Å². The Morgan fingerprint density at radius 3 is 2.21 bits per heavy atom. The fraction of sp³-hybridized carbons (Fsp3) is 0.867. The summed E-state index contributed by atoms with van der Waals surface area (Å²) in [6.07, 6.45) is 14.4. The van der Waals surface area contributed by atoms with Gasteiger partial charge in [-0.25, -0.2) is 0 Å². The van der Waals surface area contributed by atoms with Crippen molar-refractivity contribution in [2.45, 2.75) is 105 Å². The Hall–Kier alpha value is -0.640. The SMILES string of the molecule is CC1(C)CC[C@]2(CO)CC[C@]3(C)C(=C2C1)C=C[C@@H]1[C@@]2(C)CC[C@H](O)[C@@](C)(CO)[C@@H]2CC[C@]13C. The summed E-state index contributed by atoms with van der Waals surface area (Å²) in [4.78, 5) is 0. The van der Waals surface area contributed by atoms with Crippen molar-refractivity contribution in [2.24, 2.45) is 44.3 Å². The van der Waals surface area contributed by atoms with Crippen LogP contribution in [0.15, 0.2) is 23.3 Å². The first-order valence-electron chi connectivity index (χ1n) is 13.6. The van der Waals surface area contributed by atoms with Crippen molar-refractivity contribution in [1.82, 2.24) is 0 Å². The number of allylic oxidation sites excluding steroid dienone is 3. The predicted octanol–water partition coefficient (Wildman–Crippen LogP) is 6.03. The Bertz CT molecular complexity index is 887. The molecule has 0 saturated heterocycles. The Balaban J connectivity index is 1.65. The quantitative estimate of drug-likeness (QED) is 0.475. The van der Waals surface area contributed by atoms with E-state index in [9.17, 15) is 15.3 Å². The highest BCUT2D eigenvalue weighted by Gasteiger charge is 2.67. The molecule has 0 radical (unpaired) electrons. The Kier molecular flexibility index (Phi) is 5.25. The van der Waals surface area contributed by atoms with Crippen LogP contribution in [0.5, 0.6) is 0 Å². The van der Waals surface area contributed by atoms with Gasteiger partial charge in [0.25, 0.3) is 0 Å². The molecular weight excluding hydrogens is 408 g/mol. The van der Waals surface area contributed by atoms with Gasteiger partial charge in [-0.05, 0) is 96.9 Å². The summed E-state index contributed by atoms with van der Waals surface area (Å²) in [7, 11) is 0. The molecule has 5 rings (SSSR count). The lowest BCUT2D eigenvalue weighted by Gasteiger charge is -2.69. The zero-order valence-corrected chi connectivity index (χ0v) is 22.0. The molecule has 3 heteroatoms. The summed E-state index contributed by atoms with van der Waals surface area (Å²) in [6.45, 7) is 14.9. The van der Waals surface area contributed by atoms with Gasteiger partial charge in [0.2, 0.25) is 0 Å². The Morgan fingerprint density at radius 1 is 0.848 bits per heavy atom. The number of rotatable bonds is 2. The zero-order valence-electron chi connectivity index (χ0n) is 22.0. The van der Waals surface area contributed by atoms with Crippen molar-refractivity contribution in [2.75, 3.05) is 13.2 Å². The van der Waals surface area contributed by atoms with Crippen LogP contribution in [0.3, 0.4) is 0 Å². The Morgan fingerprint density at radius 2 is 1.55 bits per heavy atom. The molecule has 0 aromatic heterocycles. The van der Waals surface area contributed by atoms with Crippen LogP contribution in [0.2, 0.25) is 0 Å². The molecule has 3 nitrogen and oxygen atoms in total. The first-order valence-corrected chi connectivity index (χ1v) is 13.6. The number of fused-ring (bicyclic) bond motifs is 6. The van der Waals surface area contributed by atoms with Crippen LogP contribution < -0.4 is 0 Å². The van der Waals surface area contributed by atoms with Gasteiger partial charge >= 0.3 is 0 Å². The second kappa shape index (κ2) is 7.20. The summed E-state index contributed by atoms with van der Waals surface area (Å²) in [6, 6.07) is 0. The van der Waals surface area contributed by atoms with Crippen molar-refractivity contribution >= 4 is 0 Å². The molecule has 8 atom stereocenters. The van der Waals surface area contributed by atoms with Crippen molar-refractivity contribution in [3.8, 4) is 0 Å². The lowest BCUT2D eigenvalue weighted by Crippen LogP contribution is -2.64. The first-order chi connectivity index (χ1) is 15.3. The zero-order chi connectivity index (χ0) is 24.1. The third-order valence-corrected chi connectivity index (χ3v) is 12.6. The molecule has 3 N–H and O–H groups in total. The summed E-state index contributed by atoms with van der Waals surface area (Å²) in [5, 5.41) is 31.9. The van der Waals surface area contributed by atoms with Gasteiger partial charge in [-0.1, -0.05) is 59.3 Å². The van der Waals surface area contributed by atoms with Crippen molar-refractivity contribution in [3.05, 3.63) is 23.3 Å². The van der Waals surface area contributed by atoms with Gasteiger partial charge in [0, 0.05) is 10.8 Å². The normalized spacial score (nSPS) is 53.1. The van der Waals surface area contributed by atoms with E-state index in [1.54, 1.807) is 11.1 Å². The van der Waals surface area contributed by atoms with Gasteiger partial charge in [0.1, 0.15) is 0 Å². The molecule has 0 unspecified atom stereocenters. The molecule has 0 bridgehead atoms. The second-order valence-electron chi connectivity index (χ2n) is 14.6. The minimum absolute atomic E-state index is 0.0105. The van der Waals surface area contributed by atoms with E-state index < -0.39 is 11.5 Å². The average Bonchev–Trinajstić information content (AvgIpc) is 2.77. The molecule has 0 aromatic rings. The highest BCUT2D eigenvalue weighted by atomic mass is 16.3. The van der Waals surface area contributed by atoms with E-state index in [2.05, 4.69) is 53.7 Å². The lowest BCUT2D eigenvalue weighted by molar-refractivity contribution is -0.198. The lowest BCUT2D eigenvalue weighted by atomic mass is 9.35. The van der Waals surface area contributed by atoms with Crippen LogP contribution >= 0.6 is 0 Å². The van der Waals surface area contributed by atoms with Gasteiger partial charge in [-0.15, -0.1) is 0 Å². The third-order valence-electron chi connectivity index (χ3n) is 12.6. The number of aliphatic hydroxyl groups excluding tert-OH is 3. The van der Waals surface area contributed by atoms with Gasteiger partial charge in [0.15, 0.2) is 0 Å². The summed E-state index contributed by atoms with van der Waals surface area (Å²) < 4.78 is 0. The topological polar surface area (TPSA) is 60.7 Å². The highest BCUT2D eigenvalue weighted by Crippen LogP contribution is 2.74. The minimum Gasteiger partial charge on any atom is -0.396 e. The maximum Gasteiger partial charge on any atom is 0.0618 e. The summed E-state index contributed by atoms with van der Waals surface area (Å²) in [5.74, 6) is 0.794. The van der Waals surface area contributed by atoms with E-state index in [0.717, 1.165) is 51.4 Å². The van der Waals surface area contributed by atoms with E-state index in [0.29, 0.717) is 23.9 Å². The molecular formula is C30H48O3. The third kappa shape index (κ3) is 2.91. The summed E-state index contributed by atoms with van der Waals surface area (Å²) >= 11 is 0. The number of hydrogen-bond acceptors (Lipinski definition) is 3. The highest BCUT2D eigenvalue weighted by molar-refractivity contribution is 5.46. The maximum absolute atomic E-state index is 10.9. The molecule has 0 aliphatic heterocycles. The van der Waals surface area contributed by atoms with Crippen molar-refractivity contribution in [3.63, 3.8) is 0 Å². The van der Waals surface area contributed by atoms with Crippen LogP contribution in [-0.4, -0.2) is 34.6 Å². The van der Waals surface area contributed by atoms with Gasteiger partial charge in [-0.2, -0.15) is 0 Å². The molecule has 0 spiro atoms. The summed E-state index contributed by atoms with van der Waals surface area (Å²) in [5.41, 5.74) is 3.38.